The van der Waals surface area contributed by atoms with Crippen LogP contribution in [0.3, 0.4) is 0 Å². The first kappa shape index (κ1) is 13.8. The minimum atomic E-state index is -1.26. The molecule has 1 heterocycles. The van der Waals surface area contributed by atoms with Crippen LogP contribution in [0.25, 0.3) is 11.1 Å². The molecule has 0 aliphatic rings. The van der Waals surface area contributed by atoms with Crippen molar-refractivity contribution in [1.82, 2.24) is 0 Å². The van der Waals surface area contributed by atoms with Crippen LogP contribution in [0.4, 0.5) is 0 Å². The molecule has 0 aliphatic carbocycles. The van der Waals surface area contributed by atoms with Crippen molar-refractivity contribution >= 4 is 11.8 Å². The third-order valence-electron chi connectivity index (χ3n) is 3.36. The van der Waals surface area contributed by atoms with E-state index in [1.165, 1.54) is 12.3 Å². The molecule has 0 saturated carbocycles. The maximum absolute atomic E-state index is 12.4. The van der Waals surface area contributed by atoms with Crippen molar-refractivity contribution in [2.45, 2.75) is 0 Å². The summed E-state index contributed by atoms with van der Waals surface area (Å²) in [6.45, 7) is 0. The molecule has 3 aromatic rings. The number of hydrogen-bond donors (Lipinski definition) is 1. The number of carbonyl (C=O) groups is 2. The first-order valence-corrected chi connectivity index (χ1v) is 6.68. The molecule has 0 spiro atoms. The summed E-state index contributed by atoms with van der Waals surface area (Å²) < 4.78 is 4.84. The van der Waals surface area contributed by atoms with Gasteiger partial charge in [0.1, 0.15) is 0 Å². The van der Waals surface area contributed by atoms with E-state index >= 15 is 0 Å². The zero-order valence-corrected chi connectivity index (χ0v) is 11.5. The van der Waals surface area contributed by atoms with E-state index < -0.39 is 5.97 Å². The number of ketones is 1. The lowest BCUT2D eigenvalue weighted by Crippen LogP contribution is -2.06. The Balaban J connectivity index is 1.91. The SMILES string of the molecule is O=C(c1ccc(-c2ccccc2)cc1)c1ccoc1C(=O)O. The molecule has 0 aliphatic heterocycles. The highest BCUT2D eigenvalue weighted by Gasteiger charge is 2.21. The Morgan fingerprint density at radius 1 is 0.818 bits per heavy atom. The highest BCUT2D eigenvalue weighted by molar-refractivity contribution is 6.13. The Labute approximate surface area is 126 Å². The van der Waals surface area contributed by atoms with Crippen molar-refractivity contribution in [2.75, 3.05) is 0 Å². The second kappa shape index (κ2) is 5.69. The normalized spacial score (nSPS) is 10.4. The number of rotatable bonds is 4. The van der Waals surface area contributed by atoms with Crippen molar-refractivity contribution in [3.8, 4) is 11.1 Å². The van der Waals surface area contributed by atoms with E-state index in [2.05, 4.69) is 0 Å². The van der Waals surface area contributed by atoms with Crippen LogP contribution in [-0.2, 0) is 0 Å². The summed E-state index contributed by atoms with van der Waals surface area (Å²) in [5, 5.41) is 9.00. The van der Waals surface area contributed by atoms with Crippen LogP contribution in [0, 0.1) is 0 Å². The summed E-state index contributed by atoms with van der Waals surface area (Å²) in [5.74, 6) is -1.96. The van der Waals surface area contributed by atoms with Gasteiger partial charge in [-0.25, -0.2) is 4.79 Å². The van der Waals surface area contributed by atoms with Gasteiger partial charge in [-0.05, 0) is 17.2 Å². The van der Waals surface area contributed by atoms with Crippen LogP contribution in [0.2, 0.25) is 0 Å². The van der Waals surface area contributed by atoms with Crippen molar-refractivity contribution in [1.29, 1.82) is 0 Å². The minimum absolute atomic E-state index is 0.0555. The number of benzene rings is 2. The summed E-state index contributed by atoms with van der Waals surface area (Å²) >= 11 is 0. The van der Waals surface area contributed by atoms with Gasteiger partial charge in [0.25, 0.3) is 0 Å². The van der Waals surface area contributed by atoms with E-state index in [9.17, 15) is 9.59 Å². The molecule has 0 fully saturated rings. The van der Waals surface area contributed by atoms with Gasteiger partial charge < -0.3 is 9.52 Å². The highest BCUT2D eigenvalue weighted by atomic mass is 16.4. The van der Waals surface area contributed by atoms with Crippen molar-refractivity contribution in [3.63, 3.8) is 0 Å². The average molecular weight is 292 g/mol. The zero-order valence-electron chi connectivity index (χ0n) is 11.5. The van der Waals surface area contributed by atoms with Gasteiger partial charge in [0, 0.05) is 5.56 Å². The maximum Gasteiger partial charge on any atom is 0.372 e. The predicted molar refractivity (Wildman–Crippen MR) is 81.0 cm³/mol. The van der Waals surface area contributed by atoms with E-state index in [4.69, 9.17) is 9.52 Å². The lowest BCUT2D eigenvalue weighted by molar-refractivity contribution is 0.0657. The van der Waals surface area contributed by atoms with Gasteiger partial charge in [-0.2, -0.15) is 0 Å². The van der Waals surface area contributed by atoms with Gasteiger partial charge in [-0.3, -0.25) is 4.79 Å². The predicted octanol–water partition coefficient (Wildman–Crippen LogP) is 3.88. The molecule has 22 heavy (non-hydrogen) atoms. The molecule has 2 aromatic carbocycles. The number of furan rings is 1. The van der Waals surface area contributed by atoms with Crippen molar-refractivity contribution in [2.24, 2.45) is 0 Å². The number of carboxylic acid groups (broad SMARTS) is 1. The standard InChI is InChI=1S/C18H12O4/c19-16(15-10-11-22-17(15)18(20)21)14-8-6-13(7-9-14)12-4-2-1-3-5-12/h1-11H,(H,20,21). The van der Waals surface area contributed by atoms with Gasteiger partial charge in [-0.15, -0.1) is 0 Å². The molecule has 0 unspecified atom stereocenters. The molecule has 0 radical (unpaired) electrons. The Morgan fingerprint density at radius 2 is 1.45 bits per heavy atom. The van der Waals surface area contributed by atoms with Gasteiger partial charge in [-0.1, -0.05) is 54.6 Å². The molecule has 1 N–H and O–H groups in total. The summed E-state index contributed by atoms with van der Waals surface area (Å²) in [6.07, 6.45) is 1.20. The molecule has 108 valence electrons. The first-order valence-electron chi connectivity index (χ1n) is 6.68. The fourth-order valence-corrected chi connectivity index (χ4v) is 2.25. The number of carboxylic acids is 1. The first-order chi connectivity index (χ1) is 10.7. The van der Waals surface area contributed by atoms with Gasteiger partial charge in [0.15, 0.2) is 5.78 Å². The van der Waals surface area contributed by atoms with Gasteiger partial charge >= 0.3 is 5.97 Å². The van der Waals surface area contributed by atoms with E-state index in [-0.39, 0.29) is 17.1 Å². The minimum Gasteiger partial charge on any atom is -0.475 e. The molecule has 0 saturated heterocycles. The lowest BCUT2D eigenvalue weighted by Gasteiger charge is -2.04. The molecule has 1 aromatic heterocycles. The summed E-state index contributed by atoms with van der Waals surface area (Å²) in [5.41, 5.74) is 2.52. The summed E-state index contributed by atoms with van der Waals surface area (Å²) in [4.78, 5) is 23.4. The summed E-state index contributed by atoms with van der Waals surface area (Å²) in [7, 11) is 0. The monoisotopic (exact) mass is 292 g/mol. The quantitative estimate of drug-likeness (QED) is 0.741. The van der Waals surface area contributed by atoms with Crippen LogP contribution < -0.4 is 0 Å². The molecule has 4 heteroatoms. The largest absolute Gasteiger partial charge is 0.475 e. The molecule has 0 amide bonds. The lowest BCUT2D eigenvalue weighted by atomic mass is 9.99. The van der Waals surface area contributed by atoms with Crippen LogP contribution in [0.15, 0.2) is 71.3 Å². The van der Waals surface area contributed by atoms with Gasteiger partial charge in [0.2, 0.25) is 5.76 Å². The van der Waals surface area contributed by atoms with E-state index in [1.54, 1.807) is 12.1 Å². The topological polar surface area (TPSA) is 67.5 Å². The number of hydrogen-bond acceptors (Lipinski definition) is 3. The smallest absolute Gasteiger partial charge is 0.372 e. The molecular formula is C18H12O4. The van der Waals surface area contributed by atoms with Crippen molar-refractivity contribution < 1.29 is 19.1 Å². The third kappa shape index (κ3) is 2.54. The molecule has 4 nitrogen and oxygen atoms in total. The fraction of sp³-hybridized carbons (Fsp3) is 0. The Morgan fingerprint density at radius 3 is 2.09 bits per heavy atom. The molecule has 3 rings (SSSR count). The number of carbonyl (C=O) groups excluding carboxylic acids is 1. The van der Waals surface area contributed by atoms with E-state index in [0.29, 0.717) is 5.56 Å². The highest BCUT2D eigenvalue weighted by Crippen LogP contribution is 2.21. The maximum atomic E-state index is 12.4. The van der Waals surface area contributed by atoms with Crippen LogP contribution >= 0.6 is 0 Å². The third-order valence-corrected chi connectivity index (χ3v) is 3.36. The van der Waals surface area contributed by atoms with Gasteiger partial charge in [0.05, 0.1) is 11.8 Å². The summed E-state index contributed by atoms with van der Waals surface area (Å²) in [6, 6.07) is 18.2. The Hall–Kier alpha value is -3.14. The van der Waals surface area contributed by atoms with Crippen LogP contribution in [0.1, 0.15) is 26.5 Å². The number of aromatic carboxylic acids is 1. The van der Waals surface area contributed by atoms with Crippen LogP contribution in [0.5, 0.6) is 0 Å². The Bertz CT molecular complexity index is 814. The molecule has 0 atom stereocenters. The van der Waals surface area contributed by atoms with E-state index in [1.807, 2.05) is 42.5 Å². The second-order valence-electron chi connectivity index (χ2n) is 4.74. The average Bonchev–Trinajstić information content (AvgIpc) is 3.05. The molecular weight excluding hydrogens is 280 g/mol. The van der Waals surface area contributed by atoms with Crippen molar-refractivity contribution in [3.05, 3.63) is 83.8 Å². The zero-order chi connectivity index (χ0) is 15.5. The van der Waals surface area contributed by atoms with E-state index in [0.717, 1.165) is 11.1 Å². The fourth-order valence-electron chi connectivity index (χ4n) is 2.25. The second-order valence-corrected chi connectivity index (χ2v) is 4.74. The molecule has 0 bridgehead atoms. The van der Waals surface area contributed by atoms with Crippen LogP contribution in [-0.4, -0.2) is 16.9 Å². The Kier molecular flexibility index (Phi) is 3.58.